The third-order valence-electron chi connectivity index (χ3n) is 2.05. The van der Waals surface area contributed by atoms with E-state index in [0.717, 1.165) is 11.1 Å². The van der Waals surface area contributed by atoms with Crippen molar-refractivity contribution in [3.05, 3.63) is 23.5 Å². The van der Waals surface area contributed by atoms with Gasteiger partial charge < -0.3 is 14.5 Å². The number of carbonyl (C=O) groups is 2. The average Bonchev–Trinajstić information content (AvgIpc) is 2.65. The number of H-pyrrole nitrogens is 1. The Morgan fingerprint density at radius 3 is 1.80 bits per heavy atom. The van der Waals surface area contributed by atoms with E-state index < -0.39 is 0 Å². The van der Waals surface area contributed by atoms with E-state index in [1.54, 1.807) is 12.4 Å². The minimum atomic E-state index is -0.333. The van der Waals surface area contributed by atoms with Crippen molar-refractivity contribution < 1.29 is 19.1 Å². The maximum atomic E-state index is 11.0. The Bertz CT molecular complexity index is 324. The molecule has 0 spiro atoms. The first-order valence-corrected chi connectivity index (χ1v) is 4.45. The van der Waals surface area contributed by atoms with Crippen molar-refractivity contribution in [2.45, 2.75) is 12.8 Å². The second-order valence-electron chi connectivity index (χ2n) is 3.01. The third kappa shape index (κ3) is 3.12. The Hall–Kier alpha value is -1.78. The van der Waals surface area contributed by atoms with Crippen molar-refractivity contribution in [1.29, 1.82) is 0 Å². The van der Waals surface area contributed by atoms with Gasteiger partial charge in [-0.2, -0.15) is 0 Å². The summed E-state index contributed by atoms with van der Waals surface area (Å²) in [6.07, 6.45) is 3.67. The van der Waals surface area contributed by atoms with Crippen molar-refractivity contribution in [1.82, 2.24) is 4.98 Å². The molecule has 0 fully saturated rings. The fourth-order valence-corrected chi connectivity index (χ4v) is 1.21. The Kier molecular flexibility index (Phi) is 3.91. The quantitative estimate of drug-likeness (QED) is 0.734. The van der Waals surface area contributed by atoms with Crippen LogP contribution in [-0.2, 0) is 31.9 Å². The maximum absolute atomic E-state index is 11.0. The molecule has 1 aromatic heterocycles. The summed E-state index contributed by atoms with van der Waals surface area (Å²) in [5.74, 6) is -0.665. The minimum absolute atomic E-state index is 0.159. The van der Waals surface area contributed by atoms with Crippen LogP contribution in [0.1, 0.15) is 11.1 Å². The molecule has 0 unspecified atom stereocenters. The largest absolute Gasteiger partial charge is 0.469 e. The topological polar surface area (TPSA) is 68.4 Å². The standard InChI is InChI=1S/C10H13NO4/c1-14-9(12)3-7-5-11-6-8(7)4-10(13)15-2/h5-6,11H,3-4H2,1-2H3. The van der Waals surface area contributed by atoms with Gasteiger partial charge in [0.25, 0.3) is 0 Å². The number of hydrogen-bond acceptors (Lipinski definition) is 4. The highest BCUT2D eigenvalue weighted by Crippen LogP contribution is 2.10. The second-order valence-corrected chi connectivity index (χ2v) is 3.01. The number of methoxy groups -OCH3 is 2. The molecular formula is C10H13NO4. The Morgan fingerprint density at radius 1 is 1.07 bits per heavy atom. The van der Waals surface area contributed by atoms with Crippen LogP contribution in [-0.4, -0.2) is 31.1 Å². The van der Waals surface area contributed by atoms with Crippen LogP contribution >= 0.6 is 0 Å². The molecule has 0 aromatic carbocycles. The Balaban J connectivity index is 2.69. The van der Waals surface area contributed by atoms with Gasteiger partial charge in [-0.05, 0) is 11.1 Å². The zero-order valence-electron chi connectivity index (χ0n) is 8.70. The van der Waals surface area contributed by atoms with Crippen LogP contribution in [0.25, 0.3) is 0 Å². The normalized spacial score (nSPS) is 9.73. The van der Waals surface area contributed by atoms with Crippen molar-refractivity contribution >= 4 is 11.9 Å². The molecule has 82 valence electrons. The van der Waals surface area contributed by atoms with E-state index >= 15 is 0 Å². The molecule has 0 radical (unpaired) electrons. The van der Waals surface area contributed by atoms with Gasteiger partial charge in [0.05, 0.1) is 27.1 Å². The number of carbonyl (C=O) groups excluding carboxylic acids is 2. The summed E-state index contributed by atoms with van der Waals surface area (Å²) < 4.78 is 9.08. The van der Waals surface area contributed by atoms with Gasteiger partial charge in [0, 0.05) is 12.4 Å². The third-order valence-corrected chi connectivity index (χ3v) is 2.05. The second kappa shape index (κ2) is 5.19. The molecule has 0 saturated carbocycles. The molecule has 5 heteroatoms. The van der Waals surface area contributed by atoms with E-state index in [2.05, 4.69) is 14.5 Å². The van der Waals surface area contributed by atoms with Crippen LogP contribution in [0.5, 0.6) is 0 Å². The zero-order valence-corrected chi connectivity index (χ0v) is 8.70. The van der Waals surface area contributed by atoms with Gasteiger partial charge in [-0.3, -0.25) is 9.59 Å². The number of rotatable bonds is 4. The number of aromatic amines is 1. The van der Waals surface area contributed by atoms with Crippen LogP contribution < -0.4 is 0 Å². The highest BCUT2D eigenvalue weighted by Gasteiger charge is 2.12. The fourth-order valence-electron chi connectivity index (χ4n) is 1.21. The SMILES string of the molecule is COC(=O)Cc1c[nH]cc1CC(=O)OC. The molecule has 0 aliphatic rings. The van der Waals surface area contributed by atoms with Gasteiger partial charge in [0.2, 0.25) is 0 Å². The molecule has 0 saturated heterocycles. The first-order valence-electron chi connectivity index (χ1n) is 4.45. The Labute approximate surface area is 87.4 Å². The first-order chi connectivity index (χ1) is 7.17. The van der Waals surface area contributed by atoms with Crippen LogP contribution in [0.15, 0.2) is 12.4 Å². The summed E-state index contributed by atoms with van der Waals surface area (Å²) in [6, 6.07) is 0. The highest BCUT2D eigenvalue weighted by atomic mass is 16.5. The lowest BCUT2D eigenvalue weighted by atomic mass is 10.1. The molecule has 0 amide bonds. The van der Waals surface area contributed by atoms with Gasteiger partial charge in [-0.15, -0.1) is 0 Å². The van der Waals surface area contributed by atoms with Gasteiger partial charge in [-0.1, -0.05) is 0 Å². The summed E-state index contributed by atoms with van der Waals surface area (Å²) in [6.45, 7) is 0. The minimum Gasteiger partial charge on any atom is -0.469 e. The number of esters is 2. The van der Waals surface area contributed by atoms with E-state index in [9.17, 15) is 9.59 Å². The lowest BCUT2D eigenvalue weighted by Crippen LogP contribution is -2.09. The smallest absolute Gasteiger partial charge is 0.310 e. The summed E-state index contributed by atoms with van der Waals surface area (Å²) in [7, 11) is 2.66. The first kappa shape index (κ1) is 11.3. The monoisotopic (exact) mass is 211 g/mol. The van der Waals surface area contributed by atoms with Crippen molar-refractivity contribution in [3.63, 3.8) is 0 Å². The highest BCUT2D eigenvalue weighted by molar-refractivity contribution is 5.76. The zero-order chi connectivity index (χ0) is 11.3. The molecule has 0 aliphatic heterocycles. The van der Waals surface area contributed by atoms with Crippen LogP contribution in [0.3, 0.4) is 0 Å². The molecule has 1 heterocycles. The van der Waals surface area contributed by atoms with Crippen LogP contribution in [0, 0.1) is 0 Å². The van der Waals surface area contributed by atoms with Crippen molar-refractivity contribution in [2.24, 2.45) is 0 Å². The average molecular weight is 211 g/mol. The van der Waals surface area contributed by atoms with Gasteiger partial charge in [0.15, 0.2) is 0 Å². The molecule has 1 rings (SSSR count). The molecule has 1 N–H and O–H groups in total. The van der Waals surface area contributed by atoms with Gasteiger partial charge >= 0.3 is 11.9 Å². The molecule has 1 aromatic rings. The van der Waals surface area contributed by atoms with Crippen molar-refractivity contribution in [2.75, 3.05) is 14.2 Å². The van der Waals surface area contributed by atoms with Crippen molar-refractivity contribution in [3.8, 4) is 0 Å². The number of aromatic nitrogens is 1. The molecule has 0 bridgehead atoms. The number of nitrogens with one attached hydrogen (secondary N) is 1. The molecular weight excluding hydrogens is 198 g/mol. The fraction of sp³-hybridized carbons (Fsp3) is 0.400. The molecule has 15 heavy (non-hydrogen) atoms. The Morgan fingerprint density at radius 2 is 1.47 bits per heavy atom. The molecule has 5 nitrogen and oxygen atoms in total. The number of hydrogen-bond donors (Lipinski definition) is 1. The van der Waals surface area contributed by atoms with E-state index in [1.165, 1.54) is 14.2 Å². The summed E-state index contributed by atoms with van der Waals surface area (Å²) >= 11 is 0. The summed E-state index contributed by atoms with van der Waals surface area (Å²) in [5.41, 5.74) is 1.51. The summed E-state index contributed by atoms with van der Waals surface area (Å²) in [4.78, 5) is 24.9. The molecule has 0 aliphatic carbocycles. The van der Waals surface area contributed by atoms with Gasteiger partial charge in [-0.25, -0.2) is 0 Å². The molecule has 0 atom stereocenters. The lowest BCUT2D eigenvalue weighted by Gasteiger charge is -2.01. The lowest BCUT2D eigenvalue weighted by molar-refractivity contribution is -0.141. The number of ether oxygens (including phenoxy) is 2. The predicted molar refractivity (Wildman–Crippen MR) is 52.2 cm³/mol. The predicted octanol–water partition coefficient (Wildman–Crippen LogP) is 0.446. The van der Waals surface area contributed by atoms with Crippen LogP contribution in [0.2, 0.25) is 0 Å². The van der Waals surface area contributed by atoms with E-state index in [0.29, 0.717) is 0 Å². The van der Waals surface area contributed by atoms with Crippen LogP contribution in [0.4, 0.5) is 0 Å². The summed E-state index contributed by atoms with van der Waals surface area (Å²) in [5, 5.41) is 0. The van der Waals surface area contributed by atoms with Gasteiger partial charge in [0.1, 0.15) is 0 Å². The van der Waals surface area contributed by atoms with E-state index in [1.807, 2.05) is 0 Å². The van der Waals surface area contributed by atoms with E-state index in [4.69, 9.17) is 0 Å². The maximum Gasteiger partial charge on any atom is 0.310 e. The van der Waals surface area contributed by atoms with E-state index in [-0.39, 0.29) is 24.8 Å².